The molecule has 28 heavy (non-hydrogen) atoms. The van der Waals surface area contributed by atoms with Crippen molar-refractivity contribution in [1.82, 2.24) is 25.0 Å². The Hall–Kier alpha value is -2.90. The van der Waals surface area contributed by atoms with Gasteiger partial charge in [-0.15, -0.1) is 10.2 Å². The second kappa shape index (κ2) is 8.00. The minimum atomic E-state index is -0.306. The van der Waals surface area contributed by atoms with Crippen LogP contribution in [0.1, 0.15) is 48.2 Å². The van der Waals surface area contributed by atoms with Crippen LogP contribution in [0, 0.1) is 5.92 Å². The Morgan fingerprint density at radius 1 is 1.11 bits per heavy atom. The highest BCUT2D eigenvalue weighted by atomic mass is 16.2. The maximum Gasteiger partial charge on any atom is 0.319 e. The van der Waals surface area contributed by atoms with Crippen molar-refractivity contribution < 1.29 is 9.59 Å². The van der Waals surface area contributed by atoms with Gasteiger partial charge in [0.05, 0.1) is 6.54 Å². The number of fused-ring (bicyclic) bond motifs is 1. The van der Waals surface area contributed by atoms with E-state index in [9.17, 15) is 9.59 Å². The van der Waals surface area contributed by atoms with E-state index in [2.05, 4.69) is 32.3 Å². The number of nitrogens with one attached hydrogen (secondary N) is 2. The van der Waals surface area contributed by atoms with Gasteiger partial charge in [-0.2, -0.15) is 0 Å². The molecule has 8 heteroatoms. The number of amides is 3. The molecule has 0 unspecified atom stereocenters. The zero-order valence-electron chi connectivity index (χ0n) is 16.1. The molecule has 3 amide bonds. The fourth-order valence-electron chi connectivity index (χ4n) is 3.77. The fraction of sp³-hybridized carbons (Fsp3) is 0.500. The summed E-state index contributed by atoms with van der Waals surface area (Å²) >= 11 is 0. The van der Waals surface area contributed by atoms with Crippen LogP contribution in [0.25, 0.3) is 0 Å². The maximum atomic E-state index is 12.6. The lowest BCUT2D eigenvalue weighted by molar-refractivity contribution is 0.0697. The number of hydrogen-bond donors (Lipinski definition) is 2. The molecule has 2 aromatic rings. The first-order chi connectivity index (χ1) is 13.6. The Labute approximate surface area is 164 Å². The van der Waals surface area contributed by atoms with Crippen molar-refractivity contribution in [2.24, 2.45) is 5.92 Å². The number of carbonyl (C=O) groups excluding carboxylic acids is 2. The molecule has 1 aromatic carbocycles. The molecular formula is C20H26N6O2. The molecule has 3 heterocycles. The SMILES string of the molecule is CC1CCN(C(=O)c2ccc(NC(=O)NCc3nnc4n3CCC4)cc2)CC1. The van der Waals surface area contributed by atoms with Gasteiger partial charge in [0.1, 0.15) is 5.82 Å². The molecule has 8 nitrogen and oxygen atoms in total. The molecule has 0 bridgehead atoms. The van der Waals surface area contributed by atoms with E-state index in [0.29, 0.717) is 23.7 Å². The number of likely N-dealkylation sites (tertiary alicyclic amines) is 1. The molecule has 1 fully saturated rings. The van der Waals surface area contributed by atoms with Crippen molar-refractivity contribution in [3.05, 3.63) is 41.5 Å². The first-order valence-corrected chi connectivity index (χ1v) is 9.95. The summed E-state index contributed by atoms with van der Waals surface area (Å²) in [5, 5.41) is 13.9. The first kappa shape index (κ1) is 18.5. The lowest BCUT2D eigenvalue weighted by Crippen LogP contribution is -2.37. The summed E-state index contributed by atoms with van der Waals surface area (Å²) in [6.45, 7) is 5.10. The highest BCUT2D eigenvalue weighted by Gasteiger charge is 2.21. The van der Waals surface area contributed by atoms with Gasteiger partial charge in [-0.1, -0.05) is 6.92 Å². The van der Waals surface area contributed by atoms with Gasteiger partial charge in [0, 0.05) is 37.3 Å². The summed E-state index contributed by atoms with van der Waals surface area (Å²) < 4.78 is 2.06. The van der Waals surface area contributed by atoms with Gasteiger partial charge in [-0.25, -0.2) is 4.79 Å². The van der Waals surface area contributed by atoms with E-state index >= 15 is 0 Å². The fourth-order valence-corrected chi connectivity index (χ4v) is 3.77. The first-order valence-electron chi connectivity index (χ1n) is 9.95. The summed E-state index contributed by atoms with van der Waals surface area (Å²) in [5.41, 5.74) is 1.30. The number of urea groups is 1. The molecule has 0 aliphatic carbocycles. The zero-order chi connectivity index (χ0) is 19.5. The quantitative estimate of drug-likeness (QED) is 0.849. The molecule has 4 rings (SSSR count). The monoisotopic (exact) mass is 382 g/mol. The Morgan fingerprint density at radius 2 is 1.86 bits per heavy atom. The Balaban J connectivity index is 1.29. The number of piperidine rings is 1. The average Bonchev–Trinajstić information content (AvgIpc) is 3.31. The normalized spacial score (nSPS) is 16.7. The summed E-state index contributed by atoms with van der Waals surface area (Å²) in [7, 11) is 0. The van der Waals surface area contributed by atoms with E-state index < -0.39 is 0 Å². The molecule has 1 saturated heterocycles. The molecule has 0 spiro atoms. The average molecular weight is 382 g/mol. The molecular weight excluding hydrogens is 356 g/mol. The van der Waals surface area contributed by atoms with Crippen LogP contribution in [0.4, 0.5) is 10.5 Å². The standard InChI is InChI=1S/C20H26N6O2/c1-14-8-11-25(12-9-14)19(27)15-4-6-16(7-5-15)22-20(28)21-13-18-24-23-17-3-2-10-26(17)18/h4-7,14H,2-3,8-13H2,1H3,(H2,21,22,28). The van der Waals surface area contributed by atoms with Crippen LogP contribution < -0.4 is 10.6 Å². The van der Waals surface area contributed by atoms with Crippen LogP contribution in [0.2, 0.25) is 0 Å². The van der Waals surface area contributed by atoms with Crippen LogP contribution >= 0.6 is 0 Å². The molecule has 0 saturated carbocycles. The molecule has 2 aliphatic heterocycles. The number of carbonyl (C=O) groups is 2. The van der Waals surface area contributed by atoms with Gasteiger partial charge in [-0.3, -0.25) is 4.79 Å². The predicted molar refractivity (Wildman–Crippen MR) is 105 cm³/mol. The molecule has 0 atom stereocenters. The predicted octanol–water partition coefficient (Wildman–Crippen LogP) is 2.42. The third-order valence-electron chi connectivity index (χ3n) is 5.55. The van der Waals surface area contributed by atoms with Crippen LogP contribution in [0.5, 0.6) is 0 Å². The second-order valence-electron chi connectivity index (χ2n) is 7.65. The lowest BCUT2D eigenvalue weighted by Gasteiger charge is -2.30. The van der Waals surface area contributed by atoms with Gasteiger partial charge in [-0.05, 0) is 49.4 Å². The number of nitrogens with zero attached hydrogens (tertiary/aromatic N) is 4. The number of aromatic nitrogens is 3. The molecule has 2 N–H and O–H groups in total. The highest BCUT2D eigenvalue weighted by molar-refractivity contribution is 5.95. The van der Waals surface area contributed by atoms with Crippen molar-refractivity contribution in [2.45, 2.75) is 45.7 Å². The van der Waals surface area contributed by atoms with Gasteiger partial charge < -0.3 is 20.1 Å². The van der Waals surface area contributed by atoms with Gasteiger partial charge in [0.2, 0.25) is 0 Å². The minimum Gasteiger partial charge on any atom is -0.339 e. The summed E-state index contributed by atoms with van der Waals surface area (Å²) in [4.78, 5) is 26.6. The largest absolute Gasteiger partial charge is 0.339 e. The van der Waals surface area contributed by atoms with Crippen LogP contribution in [0.15, 0.2) is 24.3 Å². The number of hydrogen-bond acceptors (Lipinski definition) is 4. The molecule has 2 aliphatic rings. The van der Waals surface area contributed by atoms with E-state index in [1.165, 1.54) is 0 Å². The van der Waals surface area contributed by atoms with Crippen LogP contribution in [0.3, 0.4) is 0 Å². The summed E-state index contributed by atoms with van der Waals surface area (Å²) in [6.07, 6.45) is 4.13. The van der Waals surface area contributed by atoms with E-state index in [0.717, 1.165) is 57.0 Å². The maximum absolute atomic E-state index is 12.6. The summed E-state index contributed by atoms with van der Waals surface area (Å²) in [5.74, 6) is 2.51. The van der Waals surface area contributed by atoms with Gasteiger partial charge in [0.25, 0.3) is 5.91 Å². The number of rotatable bonds is 4. The molecule has 148 valence electrons. The smallest absolute Gasteiger partial charge is 0.319 e. The van der Waals surface area contributed by atoms with Crippen molar-refractivity contribution in [1.29, 1.82) is 0 Å². The second-order valence-corrected chi connectivity index (χ2v) is 7.65. The van der Waals surface area contributed by atoms with E-state index in [1.54, 1.807) is 24.3 Å². The molecule has 0 radical (unpaired) electrons. The van der Waals surface area contributed by atoms with Gasteiger partial charge in [0.15, 0.2) is 5.82 Å². The van der Waals surface area contributed by atoms with Crippen molar-refractivity contribution >= 4 is 17.6 Å². The lowest BCUT2D eigenvalue weighted by atomic mass is 9.98. The van der Waals surface area contributed by atoms with Gasteiger partial charge >= 0.3 is 6.03 Å². The minimum absolute atomic E-state index is 0.0589. The van der Waals surface area contributed by atoms with Crippen LogP contribution in [-0.2, 0) is 19.5 Å². The van der Waals surface area contributed by atoms with E-state index in [1.807, 2.05) is 4.90 Å². The van der Waals surface area contributed by atoms with E-state index in [-0.39, 0.29) is 11.9 Å². The van der Waals surface area contributed by atoms with E-state index in [4.69, 9.17) is 0 Å². The number of anilines is 1. The Bertz CT molecular complexity index is 852. The zero-order valence-corrected chi connectivity index (χ0v) is 16.1. The van der Waals surface area contributed by atoms with Crippen molar-refractivity contribution in [3.8, 4) is 0 Å². The third kappa shape index (κ3) is 4.00. The topological polar surface area (TPSA) is 92.2 Å². The number of aryl methyl sites for hydroxylation is 1. The number of benzene rings is 1. The third-order valence-corrected chi connectivity index (χ3v) is 5.55. The Kier molecular flexibility index (Phi) is 5.27. The van der Waals surface area contributed by atoms with Crippen molar-refractivity contribution in [3.63, 3.8) is 0 Å². The van der Waals surface area contributed by atoms with Crippen molar-refractivity contribution in [2.75, 3.05) is 18.4 Å². The highest BCUT2D eigenvalue weighted by Crippen LogP contribution is 2.19. The van der Waals surface area contributed by atoms with Crippen LogP contribution in [-0.4, -0.2) is 44.7 Å². The molecule has 1 aromatic heterocycles. The summed E-state index contributed by atoms with van der Waals surface area (Å²) in [6, 6.07) is 6.74. The Morgan fingerprint density at radius 3 is 2.61 bits per heavy atom.